The number of nitrogens with two attached hydrogens (primary N) is 1. The first-order chi connectivity index (χ1) is 6.20. The molecular formula is C10H11BrIN. The summed E-state index contributed by atoms with van der Waals surface area (Å²) in [5.74, 6) is 0. The lowest BCUT2D eigenvalue weighted by Crippen LogP contribution is -2.18. The highest BCUT2D eigenvalue weighted by Crippen LogP contribution is 2.34. The molecule has 0 bridgehead atoms. The van der Waals surface area contributed by atoms with E-state index < -0.39 is 0 Å². The summed E-state index contributed by atoms with van der Waals surface area (Å²) in [5, 5.41) is 0. The number of benzene rings is 1. The van der Waals surface area contributed by atoms with Crippen molar-refractivity contribution >= 4 is 38.5 Å². The third kappa shape index (κ3) is 1.78. The molecule has 3 heteroatoms. The van der Waals surface area contributed by atoms with Gasteiger partial charge in [-0.1, -0.05) is 6.07 Å². The van der Waals surface area contributed by atoms with Crippen molar-refractivity contribution in [1.29, 1.82) is 0 Å². The predicted octanol–water partition coefficient (Wildman–Crippen LogP) is 3.39. The van der Waals surface area contributed by atoms with Gasteiger partial charge in [0.15, 0.2) is 0 Å². The molecular weight excluding hydrogens is 341 g/mol. The number of halogens is 2. The summed E-state index contributed by atoms with van der Waals surface area (Å²) >= 11 is 5.94. The standard InChI is InChI=1S/C10H11BrIN/c11-8-5-4-6-7(10(8)12)2-1-3-9(6)13/h4-5,9H,1-3,13H2/t9-/m0/s1. The van der Waals surface area contributed by atoms with Gasteiger partial charge in [-0.05, 0) is 75.0 Å². The molecule has 0 aromatic heterocycles. The van der Waals surface area contributed by atoms with Crippen molar-refractivity contribution in [1.82, 2.24) is 0 Å². The molecule has 0 unspecified atom stereocenters. The van der Waals surface area contributed by atoms with Gasteiger partial charge in [-0.15, -0.1) is 0 Å². The Morgan fingerprint density at radius 2 is 2.23 bits per heavy atom. The molecule has 0 saturated carbocycles. The van der Waals surface area contributed by atoms with Gasteiger partial charge in [0, 0.05) is 14.1 Å². The first-order valence-corrected chi connectivity index (χ1v) is 6.29. The van der Waals surface area contributed by atoms with Crippen LogP contribution in [-0.4, -0.2) is 0 Å². The molecule has 1 aromatic rings. The summed E-state index contributed by atoms with van der Waals surface area (Å²) in [6.07, 6.45) is 3.53. The summed E-state index contributed by atoms with van der Waals surface area (Å²) in [6, 6.07) is 4.52. The number of fused-ring (bicyclic) bond motifs is 1. The third-order valence-electron chi connectivity index (χ3n) is 2.57. The molecule has 0 aliphatic heterocycles. The molecule has 2 N–H and O–H groups in total. The minimum Gasteiger partial charge on any atom is -0.324 e. The lowest BCUT2D eigenvalue weighted by atomic mass is 9.88. The Balaban J connectivity index is 2.56. The van der Waals surface area contributed by atoms with E-state index in [0.29, 0.717) is 0 Å². The normalized spacial score (nSPS) is 21.3. The maximum atomic E-state index is 6.05. The van der Waals surface area contributed by atoms with E-state index in [1.165, 1.54) is 32.0 Å². The Morgan fingerprint density at radius 1 is 1.46 bits per heavy atom. The van der Waals surface area contributed by atoms with Crippen LogP contribution in [-0.2, 0) is 6.42 Å². The van der Waals surface area contributed by atoms with Crippen LogP contribution in [0.25, 0.3) is 0 Å². The molecule has 1 aliphatic carbocycles. The van der Waals surface area contributed by atoms with Crippen LogP contribution in [0.1, 0.15) is 30.0 Å². The maximum absolute atomic E-state index is 6.05. The van der Waals surface area contributed by atoms with E-state index in [1.54, 1.807) is 0 Å². The molecule has 1 atom stereocenters. The van der Waals surface area contributed by atoms with Gasteiger partial charge in [0.05, 0.1) is 0 Å². The highest BCUT2D eigenvalue weighted by molar-refractivity contribution is 14.1. The molecule has 0 amide bonds. The number of rotatable bonds is 0. The second-order valence-electron chi connectivity index (χ2n) is 3.43. The molecule has 0 fully saturated rings. The van der Waals surface area contributed by atoms with Crippen molar-refractivity contribution in [2.24, 2.45) is 5.73 Å². The van der Waals surface area contributed by atoms with Gasteiger partial charge in [-0.25, -0.2) is 0 Å². The van der Waals surface area contributed by atoms with E-state index in [-0.39, 0.29) is 6.04 Å². The van der Waals surface area contributed by atoms with Gasteiger partial charge < -0.3 is 5.73 Å². The molecule has 1 nitrogen and oxygen atoms in total. The first-order valence-electron chi connectivity index (χ1n) is 4.42. The van der Waals surface area contributed by atoms with Crippen LogP contribution in [0.4, 0.5) is 0 Å². The molecule has 13 heavy (non-hydrogen) atoms. The average Bonchev–Trinajstić information content (AvgIpc) is 2.12. The Morgan fingerprint density at radius 3 is 3.00 bits per heavy atom. The molecule has 1 aromatic carbocycles. The van der Waals surface area contributed by atoms with Gasteiger partial charge in [0.25, 0.3) is 0 Å². The highest BCUT2D eigenvalue weighted by Gasteiger charge is 2.19. The van der Waals surface area contributed by atoms with Crippen molar-refractivity contribution in [3.8, 4) is 0 Å². The molecule has 0 spiro atoms. The Bertz CT molecular complexity index is 338. The fourth-order valence-electron chi connectivity index (χ4n) is 1.86. The van der Waals surface area contributed by atoms with Gasteiger partial charge in [-0.3, -0.25) is 0 Å². The molecule has 1 aliphatic rings. The van der Waals surface area contributed by atoms with Crippen LogP contribution < -0.4 is 5.73 Å². The van der Waals surface area contributed by atoms with Crippen molar-refractivity contribution in [2.75, 3.05) is 0 Å². The summed E-state index contributed by atoms with van der Waals surface area (Å²) in [7, 11) is 0. The Labute approximate surface area is 100 Å². The van der Waals surface area contributed by atoms with E-state index in [4.69, 9.17) is 5.73 Å². The second-order valence-corrected chi connectivity index (χ2v) is 5.36. The summed E-state index contributed by atoms with van der Waals surface area (Å²) in [6.45, 7) is 0. The van der Waals surface area contributed by atoms with Crippen molar-refractivity contribution < 1.29 is 0 Å². The quantitative estimate of drug-likeness (QED) is 0.712. The minimum absolute atomic E-state index is 0.255. The van der Waals surface area contributed by atoms with Gasteiger partial charge in [0.2, 0.25) is 0 Å². The van der Waals surface area contributed by atoms with Gasteiger partial charge in [-0.2, -0.15) is 0 Å². The number of hydrogen-bond donors (Lipinski definition) is 1. The average molecular weight is 352 g/mol. The van der Waals surface area contributed by atoms with Crippen LogP contribution in [0.3, 0.4) is 0 Å². The van der Waals surface area contributed by atoms with Crippen LogP contribution >= 0.6 is 38.5 Å². The monoisotopic (exact) mass is 351 g/mol. The van der Waals surface area contributed by atoms with Crippen molar-refractivity contribution in [3.63, 3.8) is 0 Å². The van der Waals surface area contributed by atoms with Gasteiger partial charge >= 0.3 is 0 Å². The third-order valence-corrected chi connectivity index (χ3v) is 5.21. The summed E-state index contributed by atoms with van der Waals surface area (Å²) < 4.78 is 2.53. The van der Waals surface area contributed by atoms with Gasteiger partial charge in [0.1, 0.15) is 0 Å². The van der Waals surface area contributed by atoms with E-state index in [0.717, 1.165) is 6.42 Å². The van der Waals surface area contributed by atoms with Crippen LogP contribution in [0, 0.1) is 3.57 Å². The van der Waals surface area contributed by atoms with Crippen LogP contribution in [0.2, 0.25) is 0 Å². The van der Waals surface area contributed by atoms with Crippen LogP contribution in [0.15, 0.2) is 16.6 Å². The van der Waals surface area contributed by atoms with E-state index in [2.05, 4.69) is 50.7 Å². The fourth-order valence-corrected chi connectivity index (χ4v) is 3.00. The first kappa shape index (κ1) is 9.93. The summed E-state index contributed by atoms with van der Waals surface area (Å²) in [4.78, 5) is 0. The maximum Gasteiger partial charge on any atom is 0.0311 e. The van der Waals surface area contributed by atoms with E-state index in [1.807, 2.05) is 0 Å². The Hall–Kier alpha value is 0.390. The number of hydrogen-bond acceptors (Lipinski definition) is 1. The lowest BCUT2D eigenvalue weighted by molar-refractivity contribution is 0.568. The predicted molar refractivity (Wildman–Crippen MR) is 66.7 cm³/mol. The fraction of sp³-hybridized carbons (Fsp3) is 0.400. The van der Waals surface area contributed by atoms with Crippen LogP contribution in [0.5, 0.6) is 0 Å². The molecule has 0 heterocycles. The SMILES string of the molecule is N[C@H]1CCCc2c1ccc(Br)c2I. The van der Waals surface area contributed by atoms with Crippen molar-refractivity contribution in [3.05, 3.63) is 31.3 Å². The topological polar surface area (TPSA) is 26.0 Å². The molecule has 2 rings (SSSR count). The van der Waals surface area contributed by atoms with Crippen molar-refractivity contribution in [2.45, 2.75) is 25.3 Å². The minimum atomic E-state index is 0.255. The lowest BCUT2D eigenvalue weighted by Gasteiger charge is -2.23. The summed E-state index contributed by atoms with van der Waals surface area (Å²) in [5.41, 5.74) is 8.85. The largest absolute Gasteiger partial charge is 0.324 e. The highest BCUT2D eigenvalue weighted by atomic mass is 127. The zero-order chi connectivity index (χ0) is 9.42. The second kappa shape index (κ2) is 3.87. The molecule has 0 radical (unpaired) electrons. The molecule has 0 saturated heterocycles. The Kier molecular flexibility index (Phi) is 2.95. The molecule has 70 valence electrons. The zero-order valence-corrected chi connectivity index (χ0v) is 10.9. The zero-order valence-electron chi connectivity index (χ0n) is 7.19. The van der Waals surface area contributed by atoms with E-state index in [9.17, 15) is 0 Å². The van der Waals surface area contributed by atoms with E-state index >= 15 is 0 Å². The smallest absolute Gasteiger partial charge is 0.0311 e.